The highest BCUT2D eigenvalue weighted by Gasteiger charge is 2.24. The molecular weight excluding hydrogens is 226 g/mol. The van der Waals surface area contributed by atoms with E-state index in [0.717, 1.165) is 5.92 Å². The Morgan fingerprint density at radius 3 is 2.29 bits per heavy atom. The molecule has 0 amide bonds. The first kappa shape index (κ1) is 13.0. The third kappa shape index (κ3) is 3.26. The molecule has 1 aromatic carbocycles. The van der Waals surface area contributed by atoms with Crippen molar-refractivity contribution < 1.29 is 0 Å². The lowest BCUT2D eigenvalue weighted by atomic mass is 9.80. The lowest BCUT2D eigenvalue weighted by Gasteiger charge is -2.34. The minimum atomic E-state index is 0.460. The van der Waals surface area contributed by atoms with E-state index < -0.39 is 0 Å². The molecule has 1 aliphatic carbocycles. The normalized spacial score (nSPS) is 19.7. The van der Waals surface area contributed by atoms with Crippen molar-refractivity contribution in [3.05, 3.63) is 29.8 Å². The molecule has 0 heterocycles. The average Bonchev–Trinajstić information content (AvgIpc) is 2.26. The van der Waals surface area contributed by atoms with Gasteiger partial charge in [0.15, 0.2) is 0 Å². The Bertz CT molecular complexity index is 342. The van der Waals surface area contributed by atoms with Crippen LogP contribution >= 0.6 is 11.8 Å². The SMILES string of the molecule is CSc1ccc(C(C)NC(C)C2CCC2)cc1. The molecule has 0 bridgehead atoms. The van der Waals surface area contributed by atoms with Crippen LogP contribution in [0.15, 0.2) is 29.2 Å². The maximum absolute atomic E-state index is 3.73. The number of hydrogen-bond acceptors (Lipinski definition) is 2. The lowest BCUT2D eigenvalue weighted by Crippen LogP contribution is -2.38. The molecule has 1 aliphatic rings. The number of hydrogen-bond donors (Lipinski definition) is 1. The van der Waals surface area contributed by atoms with Crippen molar-refractivity contribution >= 4 is 11.8 Å². The van der Waals surface area contributed by atoms with Gasteiger partial charge in [0.1, 0.15) is 0 Å². The highest BCUT2D eigenvalue weighted by atomic mass is 32.2. The van der Waals surface area contributed by atoms with E-state index in [2.05, 4.69) is 49.7 Å². The van der Waals surface area contributed by atoms with Crippen LogP contribution in [0.5, 0.6) is 0 Å². The first-order valence-corrected chi connectivity index (χ1v) is 7.83. The van der Waals surface area contributed by atoms with Crippen molar-refractivity contribution in [3.8, 4) is 0 Å². The van der Waals surface area contributed by atoms with Crippen LogP contribution in [0.2, 0.25) is 0 Å². The van der Waals surface area contributed by atoms with Crippen molar-refractivity contribution in [2.75, 3.05) is 6.26 Å². The molecule has 17 heavy (non-hydrogen) atoms. The Kier molecular flexibility index (Phi) is 4.52. The maximum atomic E-state index is 3.73. The van der Waals surface area contributed by atoms with Crippen LogP contribution in [0.3, 0.4) is 0 Å². The van der Waals surface area contributed by atoms with E-state index in [1.54, 1.807) is 11.8 Å². The smallest absolute Gasteiger partial charge is 0.0294 e. The van der Waals surface area contributed by atoms with Gasteiger partial charge >= 0.3 is 0 Å². The minimum Gasteiger partial charge on any atom is -0.307 e. The van der Waals surface area contributed by atoms with Gasteiger partial charge in [-0.05, 0) is 56.6 Å². The molecule has 2 unspecified atom stereocenters. The fourth-order valence-corrected chi connectivity index (χ4v) is 2.87. The minimum absolute atomic E-state index is 0.460. The van der Waals surface area contributed by atoms with E-state index in [0.29, 0.717) is 12.1 Å². The molecule has 2 heteroatoms. The largest absolute Gasteiger partial charge is 0.307 e. The first-order chi connectivity index (χ1) is 8.20. The van der Waals surface area contributed by atoms with Gasteiger partial charge in [0, 0.05) is 17.0 Å². The third-order valence-electron chi connectivity index (χ3n) is 3.99. The molecule has 1 nitrogen and oxygen atoms in total. The highest BCUT2D eigenvalue weighted by molar-refractivity contribution is 7.98. The zero-order valence-corrected chi connectivity index (χ0v) is 11.9. The van der Waals surface area contributed by atoms with Gasteiger partial charge in [-0.1, -0.05) is 18.6 Å². The van der Waals surface area contributed by atoms with E-state index in [9.17, 15) is 0 Å². The quantitative estimate of drug-likeness (QED) is 0.783. The van der Waals surface area contributed by atoms with Gasteiger partial charge in [0.2, 0.25) is 0 Å². The van der Waals surface area contributed by atoms with E-state index in [1.165, 1.54) is 29.7 Å². The van der Waals surface area contributed by atoms with Crippen molar-refractivity contribution in [2.45, 2.75) is 50.1 Å². The molecule has 0 aliphatic heterocycles. The summed E-state index contributed by atoms with van der Waals surface area (Å²) in [5, 5.41) is 3.73. The molecule has 0 radical (unpaired) electrons. The molecule has 1 fully saturated rings. The fourth-order valence-electron chi connectivity index (χ4n) is 2.46. The molecule has 0 spiro atoms. The molecular formula is C15H23NS. The summed E-state index contributed by atoms with van der Waals surface area (Å²) in [7, 11) is 0. The van der Waals surface area contributed by atoms with E-state index in [-0.39, 0.29) is 0 Å². The number of nitrogens with one attached hydrogen (secondary N) is 1. The summed E-state index contributed by atoms with van der Waals surface area (Å²) in [6.45, 7) is 4.60. The van der Waals surface area contributed by atoms with E-state index >= 15 is 0 Å². The van der Waals surface area contributed by atoms with Crippen LogP contribution in [0.4, 0.5) is 0 Å². The van der Waals surface area contributed by atoms with Crippen molar-refractivity contribution in [1.29, 1.82) is 0 Å². The monoisotopic (exact) mass is 249 g/mol. The number of rotatable bonds is 5. The summed E-state index contributed by atoms with van der Waals surface area (Å²) in [5.41, 5.74) is 1.40. The van der Waals surface area contributed by atoms with Crippen LogP contribution in [-0.2, 0) is 0 Å². The van der Waals surface area contributed by atoms with Crippen molar-refractivity contribution in [1.82, 2.24) is 5.32 Å². The Hall–Kier alpha value is -0.470. The molecule has 2 atom stereocenters. The zero-order valence-electron chi connectivity index (χ0n) is 11.1. The van der Waals surface area contributed by atoms with E-state index in [1.807, 2.05) is 0 Å². The topological polar surface area (TPSA) is 12.0 Å². The second kappa shape index (κ2) is 5.92. The Labute approximate surface area is 109 Å². The summed E-state index contributed by atoms with van der Waals surface area (Å²) < 4.78 is 0. The predicted molar refractivity (Wildman–Crippen MR) is 76.6 cm³/mol. The Morgan fingerprint density at radius 2 is 1.82 bits per heavy atom. The second-order valence-corrected chi connectivity index (χ2v) is 6.02. The van der Waals surface area contributed by atoms with Crippen LogP contribution in [0.1, 0.15) is 44.7 Å². The molecule has 0 aromatic heterocycles. The molecule has 1 N–H and O–H groups in total. The van der Waals surface area contributed by atoms with Gasteiger partial charge in [-0.3, -0.25) is 0 Å². The molecule has 1 aromatic rings. The van der Waals surface area contributed by atoms with Crippen LogP contribution in [0.25, 0.3) is 0 Å². The average molecular weight is 249 g/mol. The van der Waals surface area contributed by atoms with Crippen molar-refractivity contribution in [3.63, 3.8) is 0 Å². The molecule has 94 valence electrons. The number of benzene rings is 1. The van der Waals surface area contributed by atoms with Crippen LogP contribution in [0, 0.1) is 5.92 Å². The van der Waals surface area contributed by atoms with Gasteiger partial charge in [-0.15, -0.1) is 11.8 Å². The fraction of sp³-hybridized carbons (Fsp3) is 0.600. The Morgan fingerprint density at radius 1 is 1.18 bits per heavy atom. The van der Waals surface area contributed by atoms with Crippen LogP contribution in [-0.4, -0.2) is 12.3 Å². The Balaban J connectivity index is 1.91. The predicted octanol–water partition coefficient (Wildman–Crippen LogP) is 4.25. The standard InChI is InChI=1S/C15H23NS/c1-11(13-5-4-6-13)16-12(2)14-7-9-15(17-3)10-8-14/h7-13,16H,4-6H2,1-3H3. The third-order valence-corrected chi connectivity index (χ3v) is 4.73. The highest BCUT2D eigenvalue weighted by Crippen LogP contribution is 2.30. The molecule has 0 saturated heterocycles. The summed E-state index contributed by atoms with van der Waals surface area (Å²) >= 11 is 1.80. The zero-order chi connectivity index (χ0) is 12.3. The van der Waals surface area contributed by atoms with Crippen molar-refractivity contribution in [2.24, 2.45) is 5.92 Å². The summed E-state index contributed by atoms with van der Waals surface area (Å²) in [5.74, 6) is 0.905. The van der Waals surface area contributed by atoms with Crippen LogP contribution < -0.4 is 5.32 Å². The van der Waals surface area contributed by atoms with Gasteiger partial charge in [-0.2, -0.15) is 0 Å². The summed E-state index contributed by atoms with van der Waals surface area (Å²) in [6, 6.07) is 10.0. The van der Waals surface area contributed by atoms with Gasteiger partial charge in [0.05, 0.1) is 0 Å². The van der Waals surface area contributed by atoms with Gasteiger partial charge in [0.25, 0.3) is 0 Å². The van der Waals surface area contributed by atoms with Gasteiger partial charge < -0.3 is 5.32 Å². The van der Waals surface area contributed by atoms with E-state index in [4.69, 9.17) is 0 Å². The second-order valence-electron chi connectivity index (χ2n) is 5.14. The first-order valence-electron chi connectivity index (χ1n) is 6.60. The molecule has 2 rings (SSSR count). The molecule has 1 saturated carbocycles. The summed E-state index contributed by atoms with van der Waals surface area (Å²) in [4.78, 5) is 1.34. The lowest BCUT2D eigenvalue weighted by molar-refractivity contribution is 0.230. The van der Waals surface area contributed by atoms with Gasteiger partial charge in [-0.25, -0.2) is 0 Å². The summed E-state index contributed by atoms with van der Waals surface area (Å²) in [6.07, 6.45) is 6.36. The maximum Gasteiger partial charge on any atom is 0.0294 e. The number of thioether (sulfide) groups is 1.